The zero-order valence-corrected chi connectivity index (χ0v) is 43.3. The molecule has 0 radical (unpaired) electrons. The van der Waals surface area contributed by atoms with Crippen LogP contribution >= 0.6 is 0 Å². The van der Waals surface area contributed by atoms with E-state index < -0.39 is 6.10 Å². The normalized spacial score (nSPS) is 12.4. The van der Waals surface area contributed by atoms with Crippen molar-refractivity contribution in [1.29, 1.82) is 0 Å². The van der Waals surface area contributed by atoms with Crippen LogP contribution < -0.4 is 0 Å². The summed E-state index contributed by atoms with van der Waals surface area (Å²) in [6.07, 6.45) is 65.2. The maximum absolute atomic E-state index is 12.8. The topological polar surface area (TPSA) is 78.9 Å². The van der Waals surface area contributed by atoms with Gasteiger partial charge in [0.1, 0.15) is 13.2 Å². The van der Waals surface area contributed by atoms with E-state index >= 15 is 0 Å². The highest BCUT2D eigenvalue weighted by Gasteiger charge is 2.19. The van der Waals surface area contributed by atoms with Crippen molar-refractivity contribution in [1.82, 2.24) is 0 Å². The van der Waals surface area contributed by atoms with Gasteiger partial charge in [-0.2, -0.15) is 0 Å². The molecule has 1 atom stereocenters. The van der Waals surface area contributed by atoms with Gasteiger partial charge in [-0.05, 0) is 64.2 Å². The third-order valence-electron chi connectivity index (χ3n) is 12.3. The van der Waals surface area contributed by atoms with E-state index in [2.05, 4.69) is 69.4 Å². The first-order valence-corrected chi connectivity index (χ1v) is 28.1. The van der Waals surface area contributed by atoms with Crippen LogP contribution in [0, 0.1) is 0 Å². The summed E-state index contributed by atoms with van der Waals surface area (Å²) in [5.41, 5.74) is 0. The lowest BCUT2D eigenvalue weighted by Crippen LogP contribution is -2.30. The maximum atomic E-state index is 12.8. The predicted octanol–water partition coefficient (Wildman–Crippen LogP) is 18.7. The van der Waals surface area contributed by atoms with E-state index in [9.17, 15) is 14.4 Å². The van der Waals surface area contributed by atoms with Gasteiger partial charge in [-0.15, -0.1) is 0 Å². The molecular weight excluding hydrogens is 805 g/mol. The van der Waals surface area contributed by atoms with Gasteiger partial charge in [0.15, 0.2) is 6.10 Å². The first-order valence-electron chi connectivity index (χ1n) is 28.1. The molecule has 6 heteroatoms. The fourth-order valence-corrected chi connectivity index (χ4v) is 8.07. The Morgan fingerprint density at radius 2 is 0.554 bits per heavy atom. The van der Waals surface area contributed by atoms with Crippen LogP contribution in [0.25, 0.3) is 0 Å². The minimum atomic E-state index is -0.782. The van der Waals surface area contributed by atoms with Crippen LogP contribution in [0.5, 0.6) is 0 Å². The number of rotatable bonds is 51. The average molecular weight is 911 g/mol. The SMILES string of the molecule is CCCCC/C=C\C/C=C\C/C=C\C/C=C\CCCCCC(=O)OC[C@H](COC(=O)CCCCCCCCCCCCCCCCC)OC(=O)CCCCCCCCCCCCCCC. The molecule has 0 amide bonds. The zero-order chi connectivity index (χ0) is 47.2. The Morgan fingerprint density at radius 1 is 0.308 bits per heavy atom. The summed E-state index contributed by atoms with van der Waals surface area (Å²) >= 11 is 0. The van der Waals surface area contributed by atoms with Crippen molar-refractivity contribution in [3.8, 4) is 0 Å². The molecule has 0 spiro atoms. The number of hydrogen-bond donors (Lipinski definition) is 0. The largest absolute Gasteiger partial charge is 0.462 e. The molecular formula is C59H106O6. The molecule has 0 aliphatic rings. The van der Waals surface area contributed by atoms with E-state index in [0.717, 1.165) is 83.5 Å². The second kappa shape index (κ2) is 54.0. The van der Waals surface area contributed by atoms with Crippen LogP contribution in [-0.2, 0) is 28.6 Å². The number of carbonyl (C=O) groups is 3. The van der Waals surface area contributed by atoms with Crippen molar-refractivity contribution in [2.75, 3.05) is 13.2 Å². The smallest absolute Gasteiger partial charge is 0.306 e. The molecule has 0 aliphatic heterocycles. The Balaban J connectivity index is 4.39. The summed E-state index contributed by atoms with van der Waals surface area (Å²) in [5, 5.41) is 0. The van der Waals surface area contributed by atoms with Crippen molar-refractivity contribution in [3.63, 3.8) is 0 Å². The molecule has 0 unspecified atom stereocenters. The monoisotopic (exact) mass is 911 g/mol. The van der Waals surface area contributed by atoms with E-state index in [1.54, 1.807) is 0 Å². The van der Waals surface area contributed by atoms with Crippen LogP contribution in [0.3, 0.4) is 0 Å². The first-order chi connectivity index (χ1) is 32.0. The molecule has 0 aromatic rings. The van der Waals surface area contributed by atoms with Crippen molar-refractivity contribution < 1.29 is 28.6 Å². The molecule has 0 aromatic carbocycles. The summed E-state index contributed by atoms with van der Waals surface area (Å²) in [6, 6.07) is 0. The first kappa shape index (κ1) is 62.4. The third kappa shape index (κ3) is 52.2. The highest BCUT2D eigenvalue weighted by molar-refractivity contribution is 5.71. The second-order valence-electron chi connectivity index (χ2n) is 18.9. The number of unbranched alkanes of at least 4 members (excludes halogenated alkanes) is 32. The molecule has 378 valence electrons. The van der Waals surface area contributed by atoms with E-state index in [1.807, 2.05) is 0 Å². The predicted molar refractivity (Wildman–Crippen MR) is 279 cm³/mol. The highest BCUT2D eigenvalue weighted by Crippen LogP contribution is 2.16. The minimum absolute atomic E-state index is 0.0791. The molecule has 0 N–H and O–H groups in total. The summed E-state index contributed by atoms with van der Waals surface area (Å²) < 4.78 is 16.8. The van der Waals surface area contributed by atoms with Gasteiger partial charge in [-0.25, -0.2) is 0 Å². The van der Waals surface area contributed by atoms with Crippen molar-refractivity contribution in [3.05, 3.63) is 48.6 Å². The second-order valence-corrected chi connectivity index (χ2v) is 18.9. The maximum Gasteiger partial charge on any atom is 0.306 e. The molecule has 0 saturated heterocycles. The minimum Gasteiger partial charge on any atom is -0.462 e. The fourth-order valence-electron chi connectivity index (χ4n) is 8.07. The van der Waals surface area contributed by atoms with Crippen LogP contribution in [0.4, 0.5) is 0 Å². The van der Waals surface area contributed by atoms with Gasteiger partial charge in [0.05, 0.1) is 0 Å². The number of carbonyl (C=O) groups excluding carboxylic acids is 3. The van der Waals surface area contributed by atoms with Gasteiger partial charge in [-0.3, -0.25) is 14.4 Å². The van der Waals surface area contributed by atoms with Gasteiger partial charge in [-0.1, -0.05) is 256 Å². The summed E-state index contributed by atoms with van der Waals surface area (Å²) in [6.45, 7) is 6.61. The lowest BCUT2D eigenvalue weighted by atomic mass is 10.0. The molecule has 0 fully saturated rings. The zero-order valence-electron chi connectivity index (χ0n) is 43.3. The molecule has 0 rings (SSSR count). The molecule has 0 heterocycles. The fraction of sp³-hybridized carbons (Fsp3) is 0.814. The Hall–Kier alpha value is -2.63. The van der Waals surface area contributed by atoms with Crippen molar-refractivity contribution in [2.45, 2.75) is 297 Å². The van der Waals surface area contributed by atoms with Gasteiger partial charge in [0.2, 0.25) is 0 Å². The third-order valence-corrected chi connectivity index (χ3v) is 12.3. The molecule has 0 bridgehead atoms. The van der Waals surface area contributed by atoms with Crippen LogP contribution in [0.2, 0.25) is 0 Å². The Morgan fingerprint density at radius 3 is 0.892 bits per heavy atom. The average Bonchev–Trinajstić information content (AvgIpc) is 3.30. The summed E-state index contributed by atoms with van der Waals surface area (Å²) in [5.74, 6) is -0.897. The van der Waals surface area contributed by atoms with Crippen LogP contribution in [0.15, 0.2) is 48.6 Å². The van der Waals surface area contributed by atoms with E-state index in [4.69, 9.17) is 14.2 Å². The lowest BCUT2D eigenvalue weighted by molar-refractivity contribution is -0.167. The molecule has 65 heavy (non-hydrogen) atoms. The van der Waals surface area contributed by atoms with E-state index in [0.29, 0.717) is 19.3 Å². The van der Waals surface area contributed by atoms with Gasteiger partial charge in [0, 0.05) is 19.3 Å². The highest BCUT2D eigenvalue weighted by atomic mass is 16.6. The van der Waals surface area contributed by atoms with E-state index in [-0.39, 0.29) is 31.1 Å². The molecule has 6 nitrogen and oxygen atoms in total. The number of hydrogen-bond acceptors (Lipinski definition) is 6. The number of esters is 3. The lowest BCUT2D eigenvalue weighted by Gasteiger charge is -2.18. The van der Waals surface area contributed by atoms with Gasteiger partial charge < -0.3 is 14.2 Å². The standard InChI is InChI=1S/C59H106O6/c1-4-7-10-13-16-19-22-25-27-28-29-30-32-35-37-40-43-46-49-52-58(61)64-55-56(65-59(62)53-50-47-44-41-38-33-24-21-18-15-12-9-6-3)54-63-57(60)51-48-45-42-39-36-34-31-26-23-20-17-14-11-8-5-2/h16,19,25,27,29-30,35,37,56H,4-15,17-18,20-24,26,28,31-34,36,38-55H2,1-3H3/b19-16-,27-25-,30-29-,37-35-/t56-/m0/s1. The van der Waals surface area contributed by atoms with Crippen LogP contribution in [0.1, 0.15) is 290 Å². The number of ether oxygens (including phenoxy) is 3. The van der Waals surface area contributed by atoms with Crippen LogP contribution in [-0.4, -0.2) is 37.2 Å². The summed E-state index contributed by atoms with van der Waals surface area (Å²) in [7, 11) is 0. The van der Waals surface area contributed by atoms with Gasteiger partial charge >= 0.3 is 17.9 Å². The van der Waals surface area contributed by atoms with E-state index in [1.165, 1.54) is 167 Å². The Bertz CT molecular complexity index is 1140. The van der Waals surface area contributed by atoms with Crippen molar-refractivity contribution >= 4 is 17.9 Å². The Kier molecular flexibility index (Phi) is 51.8. The summed E-state index contributed by atoms with van der Waals surface area (Å²) in [4.78, 5) is 38.1. The molecule has 0 saturated carbocycles. The number of allylic oxidation sites excluding steroid dienone is 8. The van der Waals surface area contributed by atoms with Gasteiger partial charge in [0.25, 0.3) is 0 Å². The Labute approximate surface area is 403 Å². The molecule has 0 aromatic heterocycles. The molecule has 0 aliphatic carbocycles. The van der Waals surface area contributed by atoms with Crippen molar-refractivity contribution in [2.24, 2.45) is 0 Å². The quantitative estimate of drug-likeness (QED) is 0.0262.